The van der Waals surface area contributed by atoms with Crippen LogP contribution in [0, 0.1) is 23.7 Å². The average Bonchev–Trinajstić information content (AvgIpc) is 3.00. The van der Waals surface area contributed by atoms with E-state index >= 15 is 0 Å². The Hall–Kier alpha value is -0.870. The molecule has 2 aliphatic carbocycles. The first-order chi connectivity index (χ1) is 8.52. The molecule has 4 heteroatoms. The third-order valence-electron chi connectivity index (χ3n) is 4.45. The predicted octanol–water partition coefficient (Wildman–Crippen LogP) is 1.75. The normalized spacial score (nSPS) is 44.5. The summed E-state index contributed by atoms with van der Waals surface area (Å²) in [6.07, 6.45) is 5.43. The van der Waals surface area contributed by atoms with Gasteiger partial charge in [0.1, 0.15) is 0 Å². The third-order valence-corrected chi connectivity index (χ3v) is 4.45. The molecule has 0 N–H and O–H groups in total. The molecule has 18 heavy (non-hydrogen) atoms. The highest BCUT2D eigenvalue weighted by atomic mass is 16.7. The van der Waals surface area contributed by atoms with Crippen molar-refractivity contribution in [2.24, 2.45) is 23.7 Å². The number of ether oxygens (including phenoxy) is 3. The van der Waals surface area contributed by atoms with Crippen LogP contribution in [0.1, 0.15) is 20.3 Å². The molecule has 2 bridgehead atoms. The lowest BCUT2D eigenvalue weighted by Gasteiger charge is -2.30. The summed E-state index contributed by atoms with van der Waals surface area (Å²) in [5.74, 6) is 0.255. The Balaban J connectivity index is 1.82. The number of allylic oxidation sites excluding steroid dienone is 2. The first-order valence-electron chi connectivity index (χ1n) is 6.60. The van der Waals surface area contributed by atoms with Gasteiger partial charge in [-0.3, -0.25) is 4.79 Å². The zero-order valence-electron chi connectivity index (χ0n) is 11.1. The second-order valence-corrected chi connectivity index (χ2v) is 5.94. The molecule has 0 radical (unpaired) electrons. The van der Waals surface area contributed by atoms with E-state index in [1.165, 1.54) is 7.11 Å². The van der Waals surface area contributed by atoms with E-state index in [1.54, 1.807) is 0 Å². The van der Waals surface area contributed by atoms with E-state index in [4.69, 9.17) is 14.2 Å². The quantitative estimate of drug-likeness (QED) is 0.555. The van der Waals surface area contributed by atoms with Gasteiger partial charge in [0.15, 0.2) is 5.79 Å². The molecule has 3 aliphatic rings. The third kappa shape index (κ3) is 1.79. The van der Waals surface area contributed by atoms with E-state index in [1.807, 2.05) is 13.8 Å². The second-order valence-electron chi connectivity index (χ2n) is 5.94. The number of methoxy groups -OCH3 is 1. The van der Waals surface area contributed by atoms with Crippen LogP contribution in [0.3, 0.4) is 0 Å². The molecule has 100 valence electrons. The molecule has 0 unspecified atom stereocenters. The van der Waals surface area contributed by atoms with E-state index < -0.39 is 5.79 Å². The van der Waals surface area contributed by atoms with Gasteiger partial charge < -0.3 is 14.2 Å². The Morgan fingerprint density at radius 2 is 2.06 bits per heavy atom. The molecule has 1 saturated carbocycles. The number of fused-ring (bicyclic) bond motifs is 2. The fraction of sp³-hybridized carbons (Fsp3) is 0.786. The van der Waals surface area contributed by atoms with Gasteiger partial charge in [-0.2, -0.15) is 0 Å². The van der Waals surface area contributed by atoms with Crippen molar-refractivity contribution in [2.75, 3.05) is 13.7 Å². The molecule has 0 amide bonds. The van der Waals surface area contributed by atoms with Crippen molar-refractivity contribution in [1.82, 2.24) is 0 Å². The first-order valence-corrected chi connectivity index (χ1v) is 6.60. The molecule has 2 fully saturated rings. The predicted molar refractivity (Wildman–Crippen MR) is 64.6 cm³/mol. The smallest absolute Gasteiger partial charge is 0.309 e. The maximum Gasteiger partial charge on any atom is 0.309 e. The monoisotopic (exact) mass is 252 g/mol. The van der Waals surface area contributed by atoms with Crippen LogP contribution in [-0.2, 0) is 19.0 Å². The van der Waals surface area contributed by atoms with Gasteiger partial charge in [0, 0.05) is 5.92 Å². The van der Waals surface area contributed by atoms with Crippen molar-refractivity contribution in [3.63, 3.8) is 0 Å². The Morgan fingerprint density at radius 3 is 2.67 bits per heavy atom. The van der Waals surface area contributed by atoms with Crippen LogP contribution < -0.4 is 0 Å². The molecular weight excluding hydrogens is 232 g/mol. The summed E-state index contributed by atoms with van der Waals surface area (Å²) in [7, 11) is 1.46. The first kappa shape index (κ1) is 12.2. The second kappa shape index (κ2) is 4.07. The molecule has 3 rings (SSSR count). The van der Waals surface area contributed by atoms with Gasteiger partial charge in [0.2, 0.25) is 0 Å². The van der Waals surface area contributed by atoms with Gasteiger partial charge in [-0.25, -0.2) is 0 Å². The number of hydrogen-bond donors (Lipinski definition) is 0. The van der Waals surface area contributed by atoms with Gasteiger partial charge in [-0.15, -0.1) is 0 Å². The van der Waals surface area contributed by atoms with Gasteiger partial charge in [-0.05, 0) is 32.1 Å². The van der Waals surface area contributed by atoms with Gasteiger partial charge in [0.25, 0.3) is 0 Å². The lowest BCUT2D eigenvalue weighted by molar-refractivity contribution is -0.159. The van der Waals surface area contributed by atoms with E-state index in [2.05, 4.69) is 12.2 Å². The summed E-state index contributed by atoms with van der Waals surface area (Å²) in [5, 5.41) is 0. The highest BCUT2D eigenvalue weighted by molar-refractivity contribution is 5.74. The van der Waals surface area contributed by atoms with E-state index in [-0.39, 0.29) is 23.9 Å². The van der Waals surface area contributed by atoms with Crippen molar-refractivity contribution in [1.29, 1.82) is 0 Å². The number of rotatable bonds is 2. The molecule has 0 aromatic heterocycles. The lowest BCUT2D eigenvalue weighted by Crippen LogP contribution is -2.38. The summed E-state index contributed by atoms with van der Waals surface area (Å²) in [5.41, 5.74) is 0. The topological polar surface area (TPSA) is 44.8 Å². The largest absolute Gasteiger partial charge is 0.469 e. The Kier molecular flexibility index (Phi) is 2.75. The molecule has 4 nitrogen and oxygen atoms in total. The number of hydrogen-bond acceptors (Lipinski definition) is 4. The van der Waals surface area contributed by atoms with Gasteiger partial charge in [0.05, 0.1) is 25.7 Å². The number of carbonyl (C=O) groups is 1. The molecule has 0 spiro atoms. The molecule has 1 saturated heterocycles. The van der Waals surface area contributed by atoms with Gasteiger partial charge in [-0.1, -0.05) is 12.2 Å². The zero-order valence-corrected chi connectivity index (χ0v) is 11.1. The molecule has 1 aliphatic heterocycles. The Bertz CT molecular complexity index is 387. The highest BCUT2D eigenvalue weighted by Gasteiger charge is 2.54. The van der Waals surface area contributed by atoms with Gasteiger partial charge >= 0.3 is 5.97 Å². The van der Waals surface area contributed by atoms with Crippen LogP contribution in [-0.4, -0.2) is 31.6 Å². The molecule has 0 aromatic carbocycles. The van der Waals surface area contributed by atoms with E-state index in [0.717, 1.165) is 6.42 Å². The molecule has 0 aromatic rings. The minimum absolute atomic E-state index is 0.00375. The van der Waals surface area contributed by atoms with Crippen molar-refractivity contribution >= 4 is 5.97 Å². The van der Waals surface area contributed by atoms with Crippen LogP contribution in [0.4, 0.5) is 0 Å². The summed E-state index contributed by atoms with van der Waals surface area (Å²) in [6.45, 7) is 4.41. The lowest BCUT2D eigenvalue weighted by atomic mass is 9.79. The maximum atomic E-state index is 12.0. The standard InChI is InChI=1S/C14H20O4/c1-14(2)17-7-10(18-14)11-8-4-5-9(6-8)12(11)13(15)16-3/h4-5,8-12H,6-7H2,1-3H3/t8-,9+,10+,11+,12+/m0/s1. The van der Waals surface area contributed by atoms with Crippen LogP contribution in [0.5, 0.6) is 0 Å². The summed E-state index contributed by atoms with van der Waals surface area (Å²) in [6, 6.07) is 0. The van der Waals surface area contributed by atoms with Crippen LogP contribution in [0.15, 0.2) is 12.2 Å². The average molecular weight is 252 g/mol. The number of esters is 1. The minimum Gasteiger partial charge on any atom is -0.469 e. The molecule has 5 atom stereocenters. The zero-order chi connectivity index (χ0) is 12.9. The van der Waals surface area contributed by atoms with Crippen molar-refractivity contribution in [3.05, 3.63) is 12.2 Å². The Morgan fingerprint density at radius 1 is 1.33 bits per heavy atom. The summed E-state index contributed by atoms with van der Waals surface area (Å²) in [4.78, 5) is 12.0. The molecular formula is C14H20O4. The summed E-state index contributed by atoms with van der Waals surface area (Å²) >= 11 is 0. The summed E-state index contributed by atoms with van der Waals surface area (Å²) < 4.78 is 16.5. The molecule has 1 heterocycles. The van der Waals surface area contributed by atoms with E-state index in [9.17, 15) is 4.79 Å². The van der Waals surface area contributed by atoms with Crippen LogP contribution in [0.25, 0.3) is 0 Å². The SMILES string of the molecule is COC(=O)[C@H]1[C@@H]([C@H]2COC(C)(C)O2)[C@H]2C=C[C@@H]1C2. The fourth-order valence-corrected chi connectivity index (χ4v) is 3.74. The van der Waals surface area contributed by atoms with E-state index in [0.29, 0.717) is 18.4 Å². The van der Waals surface area contributed by atoms with Crippen molar-refractivity contribution < 1.29 is 19.0 Å². The number of carbonyl (C=O) groups excluding carboxylic acids is 1. The highest BCUT2D eigenvalue weighted by Crippen LogP contribution is 2.51. The Labute approximate surface area is 107 Å². The minimum atomic E-state index is -0.531. The van der Waals surface area contributed by atoms with Crippen LogP contribution >= 0.6 is 0 Å². The van der Waals surface area contributed by atoms with Crippen molar-refractivity contribution in [2.45, 2.75) is 32.2 Å². The maximum absolute atomic E-state index is 12.0. The fourth-order valence-electron chi connectivity index (χ4n) is 3.74. The van der Waals surface area contributed by atoms with Crippen LogP contribution in [0.2, 0.25) is 0 Å². The van der Waals surface area contributed by atoms with Crippen molar-refractivity contribution in [3.8, 4) is 0 Å².